The summed E-state index contributed by atoms with van der Waals surface area (Å²) >= 11 is 0. The fraction of sp³-hybridized carbons (Fsp3) is 0.453. The molecule has 2 bridgehead atoms. The van der Waals surface area contributed by atoms with Gasteiger partial charge in [0.2, 0.25) is 11.9 Å². The van der Waals surface area contributed by atoms with Crippen LogP contribution >= 0.6 is 7.82 Å². The molecule has 0 spiro atoms. The van der Waals surface area contributed by atoms with E-state index in [0.29, 0.717) is 106 Å². The third-order valence-electron chi connectivity index (χ3n) is 20.0. The number of carboxylic acids is 1. The first kappa shape index (κ1) is 87.2. The van der Waals surface area contributed by atoms with Crippen LogP contribution in [-0.2, 0) is 67.5 Å². The number of amides is 4. The van der Waals surface area contributed by atoms with Gasteiger partial charge in [-0.15, -0.1) is 0 Å². The Labute approximate surface area is 646 Å². The Morgan fingerprint density at radius 1 is 0.772 bits per heavy atom. The highest BCUT2D eigenvalue weighted by Gasteiger charge is 2.58. The summed E-state index contributed by atoms with van der Waals surface area (Å²) in [7, 11) is -4.14. The number of anilines is 2. The smallest absolute Gasteiger partial charge is 0.478 e. The summed E-state index contributed by atoms with van der Waals surface area (Å²) in [6, 6.07) is 10.8. The number of alkyl carbamates (subject to hydrolysis) is 2. The number of ketones is 1. The molecule has 28 nitrogen and oxygen atoms in total. The molecule has 3 saturated heterocycles. The molecule has 6 aromatic rings. The number of carbonyl (C=O) groups excluding carboxylic acids is 6. The average Bonchev–Trinajstić information content (AvgIpc) is 1.46. The number of carboxylic acid groups (broad SMARTS) is 1. The Balaban J connectivity index is 1.17. The molecule has 9 rings (SSSR count). The maximum absolute atomic E-state index is 16.9. The minimum absolute atomic E-state index is 0.131. The first-order valence-electron chi connectivity index (χ1n) is 35.2. The largest absolute Gasteiger partial charge is 0.524 e. The number of nitriles is 1. The van der Waals surface area contributed by atoms with Crippen molar-refractivity contribution in [3.8, 4) is 34.9 Å². The average molecular weight is 1630 g/mol. The first-order chi connectivity index (χ1) is 53.3. The Morgan fingerprint density at radius 2 is 1.36 bits per heavy atom. The molecule has 3 fully saturated rings. The van der Waals surface area contributed by atoms with E-state index in [2.05, 4.69) is 56.9 Å². The number of aryl methyl sites for hydroxylation is 1. The summed E-state index contributed by atoms with van der Waals surface area (Å²) in [5.74, 6) is -6.46. The molecule has 6 atom stereocenters. The van der Waals surface area contributed by atoms with E-state index in [0.717, 1.165) is 63.6 Å². The highest BCUT2D eigenvalue weighted by atomic mass is 31.2. The van der Waals surface area contributed by atoms with Gasteiger partial charge in [-0.2, -0.15) is 45.5 Å². The third kappa shape index (κ3) is 21.4. The number of ether oxygens (including phenoxy) is 4. The molecule has 0 saturated carbocycles. The molecule has 2 aromatic heterocycles. The van der Waals surface area contributed by atoms with Gasteiger partial charge >= 0.3 is 50.8 Å². The Bertz CT molecular complexity index is 4710. The molecule has 0 radical (unpaired) electrons. The molecular weight excluding hydrogens is 1550 g/mol. The molecular formula is C75H81F10N12O16P. The summed E-state index contributed by atoms with van der Waals surface area (Å²) < 4.78 is 192. The number of esters is 1. The van der Waals surface area contributed by atoms with E-state index < -0.39 is 187 Å². The van der Waals surface area contributed by atoms with E-state index in [1.54, 1.807) is 11.4 Å². The minimum atomic E-state index is -5.63. The Morgan fingerprint density at radius 3 is 1.89 bits per heavy atom. The second kappa shape index (κ2) is 35.3. The van der Waals surface area contributed by atoms with Crippen LogP contribution < -0.4 is 30.8 Å². The molecule has 39 heteroatoms. The minimum Gasteiger partial charge on any atom is -0.478 e. The summed E-state index contributed by atoms with van der Waals surface area (Å²) in [6.45, 7) is 2.82. The number of fused-ring (bicyclic) bond motifs is 2. The number of aromatic nitrogens is 4. The lowest BCUT2D eigenvalue weighted by molar-refractivity contribution is -0.221. The van der Waals surface area contributed by atoms with E-state index in [-0.39, 0.29) is 38.2 Å². The maximum Gasteiger partial charge on any atom is 0.524 e. The van der Waals surface area contributed by atoms with Crippen LogP contribution in [0.1, 0.15) is 129 Å². The van der Waals surface area contributed by atoms with Crippen LogP contribution in [0.25, 0.3) is 11.3 Å². The van der Waals surface area contributed by atoms with Crippen molar-refractivity contribution >= 4 is 61.2 Å². The predicted octanol–water partition coefficient (Wildman–Crippen LogP) is 10.6. The van der Waals surface area contributed by atoms with Gasteiger partial charge < -0.3 is 49.4 Å². The lowest BCUT2D eigenvalue weighted by Gasteiger charge is -2.47. The number of halogens is 10. The summed E-state index contributed by atoms with van der Waals surface area (Å²) in [5, 5.41) is 29.6. The number of phosphoric acid groups is 1. The van der Waals surface area contributed by atoms with Gasteiger partial charge in [-0.3, -0.25) is 39.3 Å². The molecule has 612 valence electrons. The van der Waals surface area contributed by atoms with E-state index in [9.17, 15) is 57.5 Å². The lowest BCUT2D eigenvalue weighted by Crippen LogP contribution is -2.62. The van der Waals surface area contributed by atoms with Crippen molar-refractivity contribution in [2.24, 2.45) is 16.7 Å². The zero-order valence-electron chi connectivity index (χ0n) is 62.7. The molecule has 3 aliphatic heterocycles. The van der Waals surface area contributed by atoms with Gasteiger partial charge in [-0.1, -0.05) is 43.9 Å². The molecule has 3 aliphatic rings. The van der Waals surface area contributed by atoms with Crippen LogP contribution in [-0.4, -0.2) is 182 Å². The van der Waals surface area contributed by atoms with Crippen LogP contribution in [0.5, 0.6) is 5.75 Å². The lowest BCUT2D eigenvalue weighted by atomic mass is 9.77. The van der Waals surface area contributed by atoms with Crippen molar-refractivity contribution in [2.75, 3.05) is 57.3 Å². The second-order valence-electron chi connectivity index (χ2n) is 29.5. The number of nitrogens with zero attached hydrogens (tertiary/aromatic N) is 8. The predicted molar refractivity (Wildman–Crippen MR) is 384 cm³/mol. The van der Waals surface area contributed by atoms with E-state index in [1.807, 2.05) is 5.32 Å². The van der Waals surface area contributed by atoms with Crippen LogP contribution in [0, 0.1) is 58.5 Å². The van der Waals surface area contributed by atoms with Crippen molar-refractivity contribution in [3.63, 3.8) is 0 Å². The van der Waals surface area contributed by atoms with Gasteiger partial charge in [0.05, 0.1) is 92.1 Å². The van der Waals surface area contributed by atoms with Crippen molar-refractivity contribution in [1.29, 1.82) is 5.26 Å². The zero-order valence-corrected chi connectivity index (χ0v) is 63.6. The van der Waals surface area contributed by atoms with E-state index >= 15 is 44.7 Å². The molecule has 7 N–H and O–H groups in total. The topological polar surface area (TPSA) is 369 Å². The van der Waals surface area contributed by atoms with Crippen LogP contribution in [0.2, 0.25) is 0 Å². The molecule has 0 aliphatic carbocycles. The van der Waals surface area contributed by atoms with Gasteiger partial charge in [-0.25, -0.2) is 47.4 Å². The van der Waals surface area contributed by atoms with Gasteiger partial charge in [0, 0.05) is 96.0 Å². The Hall–Kier alpha value is -10.8. The van der Waals surface area contributed by atoms with E-state index in [4.69, 9.17) is 14.0 Å². The number of hydrogen-bond donors (Lipinski definition) is 7. The summed E-state index contributed by atoms with van der Waals surface area (Å²) in [5.41, 5.74) is -8.68. The summed E-state index contributed by atoms with van der Waals surface area (Å²) in [6.07, 6.45) is -14.1. The summed E-state index contributed by atoms with van der Waals surface area (Å²) in [4.78, 5) is 132. The van der Waals surface area contributed by atoms with Crippen molar-refractivity contribution in [2.45, 2.75) is 154 Å². The third-order valence-corrected chi connectivity index (χ3v) is 20.4. The molecule has 5 heterocycles. The number of hydrogen-bond acceptors (Lipinski definition) is 20. The molecule has 4 aromatic carbocycles. The highest BCUT2D eigenvalue weighted by Crippen LogP contribution is 2.47. The second-order valence-corrected chi connectivity index (χ2v) is 30.7. The van der Waals surface area contributed by atoms with Crippen molar-refractivity contribution in [3.05, 3.63) is 153 Å². The van der Waals surface area contributed by atoms with Crippen LogP contribution in [0.3, 0.4) is 0 Å². The maximum atomic E-state index is 16.9. The number of aromatic carboxylic acids is 1. The number of phosphoric ester groups is 1. The van der Waals surface area contributed by atoms with Crippen LogP contribution in [0.15, 0.2) is 91.4 Å². The van der Waals surface area contributed by atoms with Gasteiger partial charge in [0.15, 0.2) is 5.78 Å². The number of rotatable bonds is 30. The molecule has 2 unspecified atom stereocenters. The highest BCUT2D eigenvalue weighted by molar-refractivity contribution is 7.46. The number of methoxy groups -OCH3 is 2. The van der Waals surface area contributed by atoms with Gasteiger partial charge in [-0.05, 0) is 125 Å². The normalized spacial score (nSPS) is 16.6. The van der Waals surface area contributed by atoms with Crippen LogP contribution in [0.4, 0.5) is 65.1 Å². The van der Waals surface area contributed by atoms with Crippen molar-refractivity contribution < 1.29 is 120 Å². The monoisotopic (exact) mass is 1630 g/mol. The molecule has 4 amide bonds. The Kier molecular flexibility index (Phi) is 27.0. The fourth-order valence-corrected chi connectivity index (χ4v) is 14.3. The van der Waals surface area contributed by atoms with E-state index in [1.165, 1.54) is 63.5 Å². The zero-order chi connectivity index (χ0) is 83.9. The number of nitrogens with one attached hydrogen (secondary N) is 4. The standard InChI is InChI=1S/C75H81F10N12O16P/c1-40-20-47(29-60(99)89-49-24-44(31-86)23-48(25-49)66(102)103)62(58(21-40)113-114(106,107)108)71(2,3)30-61(100)112-59(37-95(93-65(101)64(91-70(105)110-9)73(6,7)75(83,84)85)36-53-54(76)26-45(27-55(53)77)56-18-19-96(92-56)67(78)79)46(28-57(98)63(90-69(104)109-8)72(4,5)74(80,81)82)22-42-13-10-41(11-14-42)12-15-43-32-87-68(88-33-43)94-34-50-16-17-51(35-94)97(50)52-38-111-39-52/h10-11,13-14,18-21,23-27,32-33,46,50-52,59,63-64,67H,16-17,22,28-30,34-39H2,1-9H3,(H,89,99)(H,90,104)(H,91,105)(H,93,101)(H,102,103)(H2,106,107,108)/t46-,50?,51?,59+,63-,64-/m1/s1. The number of alkyl halides is 8. The number of piperazine rings is 1. The number of carbonyl (C=O) groups is 7. The van der Waals surface area contributed by atoms with Crippen molar-refractivity contribution in [1.82, 2.24) is 45.7 Å². The SMILES string of the molecule is COC(=O)N[C@H](C(=O)C[C@@H](Cc1ccc(C#Cc2cnc(N3CC4CCC(C3)N4C3COC3)nc2)cc1)[C@H](CN(Cc1c(F)cc(-c2ccn(C(F)F)n2)cc1F)NC(=O)[C@@H](NC(=O)OC)C(C)(C)C(F)(F)F)OC(=O)CC(C)(C)c1c(CC(=O)Nc2cc(C#N)cc(C(=O)O)c2)cc(C)cc1OP(=O)(O)O)C(C)(C)C(F)(F)F. The number of hydrazine groups is 1. The number of Topliss-reactive ketones (excluding diaryl/α,β-unsaturated/α-hetero) is 1. The fourth-order valence-electron chi connectivity index (χ4n) is 13.9. The van der Waals surface area contributed by atoms with Gasteiger partial charge in [0.1, 0.15) is 35.6 Å². The number of benzene rings is 4. The first-order valence-corrected chi connectivity index (χ1v) is 36.7. The van der Waals surface area contributed by atoms with Gasteiger partial charge in [0.25, 0.3) is 5.91 Å². The molecule has 114 heavy (non-hydrogen) atoms. The quantitative estimate of drug-likeness (QED) is 0.00550.